The van der Waals surface area contributed by atoms with E-state index in [0.717, 1.165) is 22.5 Å². The van der Waals surface area contributed by atoms with Crippen molar-refractivity contribution in [3.63, 3.8) is 0 Å². The minimum Gasteiger partial charge on any atom is -0.337 e. The summed E-state index contributed by atoms with van der Waals surface area (Å²) >= 11 is 6.04. The predicted octanol–water partition coefficient (Wildman–Crippen LogP) is 6.01. The molecule has 27 heavy (non-hydrogen) atoms. The van der Waals surface area contributed by atoms with E-state index in [9.17, 15) is 8.78 Å². The van der Waals surface area contributed by atoms with Crippen molar-refractivity contribution in [2.24, 2.45) is 4.99 Å². The zero-order valence-electron chi connectivity index (χ0n) is 14.6. The first kappa shape index (κ1) is 17.7. The lowest BCUT2D eigenvalue weighted by atomic mass is 10.0. The first-order chi connectivity index (χ1) is 13.0. The van der Waals surface area contributed by atoms with Gasteiger partial charge in [-0.15, -0.1) is 0 Å². The first-order valence-electron chi connectivity index (χ1n) is 8.66. The molecule has 4 rings (SSSR count). The third-order valence-corrected chi connectivity index (χ3v) is 5.02. The van der Waals surface area contributed by atoms with Crippen LogP contribution in [0.1, 0.15) is 24.2 Å². The van der Waals surface area contributed by atoms with Crippen LogP contribution in [-0.4, -0.2) is 11.8 Å². The second-order valence-corrected chi connectivity index (χ2v) is 6.94. The van der Waals surface area contributed by atoms with Gasteiger partial charge in [0.2, 0.25) is 0 Å². The molecule has 2 atom stereocenters. The van der Waals surface area contributed by atoms with Crippen molar-refractivity contribution in [3.05, 3.63) is 101 Å². The summed E-state index contributed by atoms with van der Waals surface area (Å²) in [7, 11) is 0. The van der Waals surface area contributed by atoms with Gasteiger partial charge in [0.25, 0.3) is 0 Å². The maximum atomic E-state index is 13.4. The highest BCUT2D eigenvalue weighted by atomic mass is 35.5. The van der Waals surface area contributed by atoms with Crippen molar-refractivity contribution in [2.45, 2.75) is 19.1 Å². The van der Waals surface area contributed by atoms with Crippen LogP contribution >= 0.6 is 11.6 Å². The Hall–Kier alpha value is -2.72. The smallest absolute Gasteiger partial charge is 0.148 e. The van der Waals surface area contributed by atoms with Crippen molar-refractivity contribution in [1.29, 1.82) is 0 Å². The number of rotatable bonds is 3. The molecule has 2 nitrogen and oxygen atoms in total. The minimum atomic E-state index is -0.304. The molecule has 0 aliphatic carbocycles. The summed E-state index contributed by atoms with van der Waals surface area (Å²) in [5.41, 5.74) is 3.57. The Balaban J connectivity index is 1.80. The zero-order chi connectivity index (χ0) is 19.0. The molecule has 0 saturated carbocycles. The Labute approximate surface area is 161 Å². The molecule has 0 bridgehead atoms. The van der Waals surface area contributed by atoms with Gasteiger partial charge in [-0.05, 0) is 66.6 Å². The molecule has 2 unspecified atom stereocenters. The average Bonchev–Trinajstić information content (AvgIpc) is 3.01. The molecule has 136 valence electrons. The molecule has 0 aromatic heterocycles. The lowest BCUT2D eigenvalue weighted by Crippen LogP contribution is -2.35. The summed E-state index contributed by atoms with van der Waals surface area (Å²) in [6.45, 7) is 2.06. The predicted molar refractivity (Wildman–Crippen MR) is 105 cm³/mol. The molecule has 1 heterocycles. The average molecular weight is 383 g/mol. The highest BCUT2D eigenvalue weighted by Gasteiger charge is 2.35. The largest absolute Gasteiger partial charge is 0.337 e. The van der Waals surface area contributed by atoms with Gasteiger partial charge < -0.3 is 4.90 Å². The van der Waals surface area contributed by atoms with Gasteiger partial charge >= 0.3 is 0 Å². The molecule has 0 fully saturated rings. The van der Waals surface area contributed by atoms with E-state index in [1.165, 1.54) is 24.3 Å². The van der Waals surface area contributed by atoms with Crippen LogP contribution in [0.3, 0.4) is 0 Å². The number of benzene rings is 3. The van der Waals surface area contributed by atoms with Gasteiger partial charge in [0.1, 0.15) is 17.8 Å². The van der Waals surface area contributed by atoms with E-state index in [0.29, 0.717) is 5.02 Å². The summed E-state index contributed by atoms with van der Waals surface area (Å²) < 4.78 is 26.7. The molecule has 0 radical (unpaired) electrons. The molecule has 1 aliphatic heterocycles. The standard InChI is InChI=1S/C22H17ClF2N2/c1-14-21(15-2-8-18(24)9-3-15)26-22(16-4-10-19(25)11-5-16)27(14)20-12-6-17(23)7-13-20/h2-14,22H,1H3. The van der Waals surface area contributed by atoms with Gasteiger partial charge in [0.15, 0.2) is 0 Å². The molecular formula is C22H17ClF2N2. The third-order valence-electron chi connectivity index (χ3n) is 4.77. The maximum absolute atomic E-state index is 13.4. The quantitative estimate of drug-likeness (QED) is 0.541. The van der Waals surface area contributed by atoms with Gasteiger partial charge in [-0.3, -0.25) is 4.99 Å². The van der Waals surface area contributed by atoms with Gasteiger partial charge in [0, 0.05) is 10.7 Å². The van der Waals surface area contributed by atoms with Crippen molar-refractivity contribution in [2.75, 3.05) is 4.90 Å². The Morgan fingerprint density at radius 2 is 1.37 bits per heavy atom. The zero-order valence-corrected chi connectivity index (χ0v) is 15.4. The summed E-state index contributed by atoms with van der Waals surface area (Å²) in [5.74, 6) is -0.569. The van der Waals surface area contributed by atoms with Gasteiger partial charge in [-0.2, -0.15) is 0 Å². The number of aliphatic imine (C=N–C) groups is 1. The Morgan fingerprint density at radius 1 is 0.815 bits per heavy atom. The second kappa shape index (κ2) is 7.12. The number of nitrogens with zero attached hydrogens (tertiary/aromatic N) is 2. The van der Waals surface area contributed by atoms with E-state index in [1.807, 2.05) is 24.3 Å². The molecule has 0 saturated heterocycles. The van der Waals surface area contributed by atoms with Crippen LogP contribution in [0.2, 0.25) is 5.02 Å². The Morgan fingerprint density at radius 3 is 1.96 bits per heavy atom. The van der Waals surface area contributed by atoms with E-state index < -0.39 is 0 Å². The van der Waals surface area contributed by atoms with Crippen molar-refractivity contribution >= 4 is 23.0 Å². The van der Waals surface area contributed by atoms with E-state index >= 15 is 0 Å². The first-order valence-corrected chi connectivity index (χ1v) is 9.04. The van der Waals surface area contributed by atoms with Crippen LogP contribution < -0.4 is 4.90 Å². The number of anilines is 1. The van der Waals surface area contributed by atoms with Crippen molar-refractivity contribution in [1.82, 2.24) is 0 Å². The van der Waals surface area contributed by atoms with Gasteiger partial charge in [0.05, 0.1) is 11.8 Å². The van der Waals surface area contributed by atoms with Crippen LogP contribution in [0.25, 0.3) is 0 Å². The molecule has 1 aliphatic rings. The summed E-state index contributed by atoms with van der Waals surface area (Å²) in [4.78, 5) is 7.07. The molecule has 0 amide bonds. The van der Waals surface area contributed by atoms with Gasteiger partial charge in [-0.25, -0.2) is 8.78 Å². The lowest BCUT2D eigenvalue weighted by molar-refractivity contribution is 0.622. The molecule has 5 heteroatoms. The lowest BCUT2D eigenvalue weighted by Gasteiger charge is -2.30. The summed E-state index contributed by atoms with van der Waals surface area (Å²) in [6, 6.07) is 20.2. The van der Waals surface area contributed by atoms with Crippen molar-refractivity contribution < 1.29 is 8.78 Å². The SMILES string of the molecule is CC1C(c2ccc(F)cc2)=NC(c2ccc(F)cc2)N1c1ccc(Cl)cc1. The Kier molecular flexibility index (Phi) is 4.66. The third kappa shape index (κ3) is 3.45. The van der Waals surface area contributed by atoms with E-state index in [4.69, 9.17) is 16.6 Å². The highest BCUT2D eigenvalue weighted by molar-refractivity contribution is 6.30. The van der Waals surface area contributed by atoms with Crippen LogP contribution in [0.5, 0.6) is 0 Å². The van der Waals surface area contributed by atoms with E-state index in [-0.39, 0.29) is 23.8 Å². The fourth-order valence-electron chi connectivity index (χ4n) is 3.43. The second-order valence-electron chi connectivity index (χ2n) is 6.51. The normalized spacial score (nSPS) is 19.3. The fraction of sp³-hybridized carbons (Fsp3) is 0.136. The fourth-order valence-corrected chi connectivity index (χ4v) is 3.56. The molecule has 0 spiro atoms. The highest BCUT2D eigenvalue weighted by Crippen LogP contribution is 2.37. The topological polar surface area (TPSA) is 15.6 Å². The monoisotopic (exact) mass is 382 g/mol. The number of halogens is 3. The Bertz CT molecular complexity index is 967. The van der Waals surface area contributed by atoms with Gasteiger partial charge in [-0.1, -0.05) is 35.9 Å². The maximum Gasteiger partial charge on any atom is 0.148 e. The number of hydrogen-bond acceptors (Lipinski definition) is 2. The van der Waals surface area contributed by atoms with E-state index in [1.54, 1.807) is 24.3 Å². The van der Waals surface area contributed by atoms with Crippen LogP contribution in [-0.2, 0) is 0 Å². The van der Waals surface area contributed by atoms with Crippen LogP contribution in [0.4, 0.5) is 14.5 Å². The summed E-state index contributed by atoms with van der Waals surface area (Å²) in [5, 5.41) is 0.656. The molecular weight excluding hydrogens is 366 g/mol. The molecule has 3 aromatic carbocycles. The summed E-state index contributed by atoms with van der Waals surface area (Å²) in [6.07, 6.45) is -0.304. The minimum absolute atomic E-state index is 0.0494. The number of hydrogen-bond donors (Lipinski definition) is 0. The van der Waals surface area contributed by atoms with Crippen LogP contribution in [0.15, 0.2) is 77.8 Å². The molecule has 3 aromatic rings. The molecule has 0 N–H and O–H groups in total. The van der Waals surface area contributed by atoms with Crippen LogP contribution in [0, 0.1) is 11.6 Å². The van der Waals surface area contributed by atoms with Crippen molar-refractivity contribution in [3.8, 4) is 0 Å². The van der Waals surface area contributed by atoms with E-state index in [2.05, 4.69) is 11.8 Å².